The van der Waals surface area contributed by atoms with Crippen LogP contribution in [0.5, 0.6) is 0 Å². The van der Waals surface area contributed by atoms with Crippen LogP contribution in [0.15, 0.2) is 0 Å². The SMILES string of the molecule is NCC1(CC(=O)NCCCNC(=O)C2CCC2)CCCCC1. The number of hydrogen-bond acceptors (Lipinski definition) is 3. The zero-order chi connectivity index (χ0) is 15.8. The van der Waals surface area contributed by atoms with Crippen LogP contribution in [0.3, 0.4) is 0 Å². The Balaban J connectivity index is 1.56. The fourth-order valence-corrected chi connectivity index (χ4v) is 3.50. The number of carbonyl (C=O) groups is 2. The van der Waals surface area contributed by atoms with Crippen LogP contribution < -0.4 is 16.4 Å². The summed E-state index contributed by atoms with van der Waals surface area (Å²) in [6, 6.07) is 0. The van der Waals surface area contributed by atoms with Crippen molar-refractivity contribution in [1.82, 2.24) is 10.6 Å². The second-order valence-electron chi connectivity index (χ2n) is 7.06. The van der Waals surface area contributed by atoms with E-state index < -0.39 is 0 Å². The van der Waals surface area contributed by atoms with E-state index in [0.717, 1.165) is 32.1 Å². The first-order chi connectivity index (χ1) is 10.7. The van der Waals surface area contributed by atoms with Gasteiger partial charge in [-0.25, -0.2) is 0 Å². The van der Waals surface area contributed by atoms with Crippen molar-refractivity contribution in [2.24, 2.45) is 17.1 Å². The van der Waals surface area contributed by atoms with E-state index in [1.54, 1.807) is 0 Å². The molecule has 0 aromatic carbocycles. The number of hydrogen-bond donors (Lipinski definition) is 3. The summed E-state index contributed by atoms with van der Waals surface area (Å²) in [5, 5.41) is 5.92. The molecular weight excluding hydrogens is 278 g/mol. The van der Waals surface area contributed by atoms with Gasteiger partial charge in [-0.3, -0.25) is 9.59 Å². The lowest BCUT2D eigenvalue weighted by molar-refractivity contribution is -0.127. The third-order valence-electron chi connectivity index (χ3n) is 5.33. The van der Waals surface area contributed by atoms with Crippen molar-refractivity contribution >= 4 is 11.8 Å². The third-order valence-corrected chi connectivity index (χ3v) is 5.33. The zero-order valence-electron chi connectivity index (χ0n) is 13.7. The molecule has 0 radical (unpaired) electrons. The topological polar surface area (TPSA) is 84.2 Å². The van der Waals surface area contributed by atoms with Crippen molar-refractivity contribution in [2.75, 3.05) is 19.6 Å². The minimum Gasteiger partial charge on any atom is -0.356 e. The van der Waals surface area contributed by atoms with Crippen LogP contribution in [0.25, 0.3) is 0 Å². The second-order valence-corrected chi connectivity index (χ2v) is 7.06. The Hall–Kier alpha value is -1.10. The summed E-state index contributed by atoms with van der Waals surface area (Å²) >= 11 is 0. The van der Waals surface area contributed by atoms with Gasteiger partial charge < -0.3 is 16.4 Å². The number of rotatable bonds is 8. The molecular formula is C17H31N3O2. The average Bonchev–Trinajstić information content (AvgIpc) is 2.46. The Morgan fingerprint density at radius 3 is 2.27 bits per heavy atom. The molecule has 126 valence electrons. The van der Waals surface area contributed by atoms with Crippen LogP contribution in [-0.4, -0.2) is 31.4 Å². The first kappa shape index (κ1) is 17.3. The van der Waals surface area contributed by atoms with Gasteiger partial charge in [0.1, 0.15) is 0 Å². The Kier molecular flexibility index (Phi) is 6.68. The molecule has 2 rings (SSSR count). The fraction of sp³-hybridized carbons (Fsp3) is 0.882. The molecule has 2 aliphatic rings. The lowest BCUT2D eigenvalue weighted by Gasteiger charge is -2.35. The molecule has 2 aliphatic carbocycles. The van der Waals surface area contributed by atoms with Crippen LogP contribution in [0.4, 0.5) is 0 Å². The lowest BCUT2D eigenvalue weighted by Crippen LogP contribution is -2.39. The van der Waals surface area contributed by atoms with E-state index in [1.807, 2.05) is 0 Å². The molecule has 22 heavy (non-hydrogen) atoms. The predicted octanol–water partition coefficient (Wildman–Crippen LogP) is 1.71. The highest BCUT2D eigenvalue weighted by Gasteiger charge is 2.32. The van der Waals surface area contributed by atoms with E-state index in [9.17, 15) is 9.59 Å². The van der Waals surface area contributed by atoms with Crippen LogP contribution in [0, 0.1) is 11.3 Å². The molecule has 0 atom stereocenters. The van der Waals surface area contributed by atoms with E-state index in [2.05, 4.69) is 10.6 Å². The van der Waals surface area contributed by atoms with Gasteiger partial charge in [0.15, 0.2) is 0 Å². The van der Waals surface area contributed by atoms with Crippen molar-refractivity contribution < 1.29 is 9.59 Å². The standard InChI is InChI=1S/C17H31N3O2/c18-13-17(8-2-1-3-9-17)12-15(21)19-10-5-11-20-16(22)14-6-4-7-14/h14H,1-13,18H2,(H,19,21)(H,20,22). The van der Waals surface area contributed by atoms with E-state index in [1.165, 1.54) is 25.7 Å². The molecule has 4 N–H and O–H groups in total. The largest absolute Gasteiger partial charge is 0.356 e. The molecule has 2 fully saturated rings. The minimum absolute atomic E-state index is 0.0285. The molecule has 5 nitrogen and oxygen atoms in total. The van der Waals surface area contributed by atoms with Crippen LogP contribution >= 0.6 is 0 Å². The molecule has 0 aliphatic heterocycles. The first-order valence-corrected chi connectivity index (χ1v) is 8.90. The van der Waals surface area contributed by atoms with E-state index in [-0.39, 0.29) is 23.1 Å². The van der Waals surface area contributed by atoms with Crippen molar-refractivity contribution in [2.45, 2.75) is 64.2 Å². The third kappa shape index (κ3) is 4.97. The van der Waals surface area contributed by atoms with E-state index >= 15 is 0 Å². The van der Waals surface area contributed by atoms with Gasteiger partial charge in [-0.1, -0.05) is 25.7 Å². The smallest absolute Gasteiger partial charge is 0.223 e. The second kappa shape index (κ2) is 8.51. The lowest BCUT2D eigenvalue weighted by atomic mass is 9.71. The highest BCUT2D eigenvalue weighted by atomic mass is 16.2. The molecule has 0 aromatic rings. The Bertz CT molecular complexity index is 374. The Morgan fingerprint density at radius 1 is 1.00 bits per heavy atom. The van der Waals surface area contributed by atoms with Crippen LogP contribution in [-0.2, 0) is 9.59 Å². The Labute approximate surface area is 133 Å². The van der Waals surface area contributed by atoms with Crippen molar-refractivity contribution in [3.63, 3.8) is 0 Å². The van der Waals surface area contributed by atoms with Crippen molar-refractivity contribution in [1.29, 1.82) is 0 Å². The summed E-state index contributed by atoms with van der Waals surface area (Å²) < 4.78 is 0. The highest BCUT2D eigenvalue weighted by Crippen LogP contribution is 2.38. The maximum Gasteiger partial charge on any atom is 0.223 e. The maximum absolute atomic E-state index is 12.1. The summed E-state index contributed by atoms with van der Waals surface area (Å²) in [5.41, 5.74) is 5.94. The van der Waals surface area contributed by atoms with E-state index in [4.69, 9.17) is 5.73 Å². The summed E-state index contributed by atoms with van der Waals surface area (Å²) in [6.45, 7) is 1.89. The number of nitrogens with two attached hydrogens (primary N) is 1. The molecule has 0 bridgehead atoms. The molecule has 2 saturated carbocycles. The number of carbonyl (C=O) groups excluding carboxylic acids is 2. The van der Waals surface area contributed by atoms with Crippen LogP contribution in [0.1, 0.15) is 64.2 Å². The van der Waals surface area contributed by atoms with Gasteiger partial charge >= 0.3 is 0 Å². The van der Waals surface area contributed by atoms with Gasteiger partial charge in [-0.15, -0.1) is 0 Å². The van der Waals surface area contributed by atoms with Gasteiger partial charge in [0, 0.05) is 25.4 Å². The summed E-state index contributed by atoms with van der Waals surface area (Å²) in [5.74, 6) is 0.532. The molecule has 0 aromatic heterocycles. The molecule has 2 amide bonds. The highest BCUT2D eigenvalue weighted by molar-refractivity contribution is 5.79. The predicted molar refractivity (Wildman–Crippen MR) is 87.2 cm³/mol. The summed E-state index contributed by atoms with van der Waals surface area (Å²) in [4.78, 5) is 23.7. The Morgan fingerprint density at radius 2 is 1.68 bits per heavy atom. The van der Waals surface area contributed by atoms with Crippen molar-refractivity contribution in [3.05, 3.63) is 0 Å². The molecule has 0 saturated heterocycles. The monoisotopic (exact) mass is 309 g/mol. The molecule has 0 unspecified atom stereocenters. The number of nitrogens with one attached hydrogen (secondary N) is 2. The molecule has 0 heterocycles. The molecule has 5 heteroatoms. The van der Waals surface area contributed by atoms with Gasteiger partial charge in [0.05, 0.1) is 0 Å². The maximum atomic E-state index is 12.1. The minimum atomic E-state index is 0.0285. The fourth-order valence-electron chi connectivity index (χ4n) is 3.50. The summed E-state index contributed by atoms with van der Waals surface area (Å²) in [7, 11) is 0. The van der Waals surface area contributed by atoms with Crippen molar-refractivity contribution in [3.8, 4) is 0 Å². The van der Waals surface area contributed by atoms with E-state index in [0.29, 0.717) is 26.1 Å². The summed E-state index contributed by atoms with van der Waals surface area (Å²) in [6.07, 6.45) is 10.4. The average molecular weight is 309 g/mol. The normalized spacial score (nSPS) is 21.0. The zero-order valence-corrected chi connectivity index (χ0v) is 13.7. The van der Waals surface area contributed by atoms with Gasteiger partial charge in [0.2, 0.25) is 11.8 Å². The van der Waals surface area contributed by atoms with Gasteiger partial charge in [0.25, 0.3) is 0 Å². The van der Waals surface area contributed by atoms with Crippen LogP contribution in [0.2, 0.25) is 0 Å². The molecule has 0 spiro atoms. The number of amides is 2. The first-order valence-electron chi connectivity index (χ1n) is 8.90. The quantitative estimate of drug-likeness (QED) is 0.597. The van der Waals surface area contributed by atoms with Gasteiger partial charge in [-0.05, 0) is 44.1 Å². The van der Waals surface area contributed by atoms with Gasteiger partial charge in [-0.2, -0.15) is 0 Å².